The van der Waals surface area contributed by atoms with E-state index in [0.29, 0.717) is 0 Å². The van der Waals surface area contributed by atoms with Gasteiger partial charge in [-0.1, -0.05) is 26.2 Å². The Kier molecular flexibility index (Phi) is 6.90. The molecule has 0 spiro atoms. The molecule has 0 aliphatic heterocycles. The smallest absolute Gasteiger partial charge is 0.254 e. The number of nitrogens with one attached hydrogen (secondary N) is 1. The van der Waals surface area contributed by atoms with Crippen molar-refractivity contribution >= 4 is 0 Å². The van der Waals surface area contributed by atoms with Gasteiger partial charge in [0.05, 0.1) is 6.61 Å². The molecule has 1 aromatic heterocycles. The molecule has 0 aromatic carbocycles. The number of hydrogen-bond donors (Lipinski definition) is 1. The Morgan fingerprint density at radius 3 is 2.88 bits per heavy atom. The van der Waals surface area contributed by atoms with Crippen LogP contribution >= 0.6 is 0 Å². The highest BCUT2D eigenvalue weighted by molar-refractivity contribution is 4.77. The van der Waals surface area contributed by atoms with Crippen LogP contribution in [0.1, 0.15) is 45.4 Å². The summed E-state index contributed by atoms with van der Waals surface area (Å²) in [5.41, 5.74) is 0. The molecular formula is C13H25N2O+. The normalized spacial score (nSPS) is 10.9. The second-order valence-corrected chi connectivity index (χ2v) is 4.11. The first-order valence-corrected chi connectivity index (χ1v) is 6.52. The van der Waals surface area contributed by atoms with Gasteiger partial charge in [-0.25, -0.2) is 9.55 Å². The van der Waals surface area contributed by atoms with Crippen LogP contribution in [0.15, 0.2) is 12.4 Å². The number of nitrogens with zero attached hydrogens (tertiary/aromatic N) is 1. The first-order valence-electron chi connectivity index (χ1n) is 6.52. The van der Waals surface area contributed by atoms with Gasteiger partial charge < -0.3 is 4.74 Å². The number of rotatable bonds is 9. The summed E-state index contributed by atoms with van der Waals surface area (Å²) in [5.74, 6) is 1.33. The summed E-state index contributed by atoms with van der Waals surface area (Å²) in [6, 6.07) is 0. The number of aryl methyl sites for hydroxylation is 1. The van der Waals surface area contributed by atoms with Crippen LogP contribution in [-0.2, 0) is 17.7 Å². The fraction of sp³-hybridized carbons (Fsp3) is 0.769. The number of unbranched alkanes of at least 4 members (excludes halogenated alkanes) is 3. The molecule has 1 aromatic rings. The lowest BCUT2D eigenvalue weighted by Gasteiger charge is -2.01. The van der Waals surface area contributed by atoms with Crippen LogP contribution in [0.4, 0.5) is 0 Å². The van der Waals surface area contributed by atoms with Crippen molar-refractivity contribution < 1.29 is 9.30 Å². The van der Waals surface area contributed by atoms with Gasteiger partial charge >= 0.3 is 0 Å². The molecule has 0 saturated heterocycles. The lowest BCUT2D eigenvalue weighted by Crippen LogP contribution is -2.38. The van der Waals surface area contributed by atoms with Crippen LogP contribution in [0, 0.1) is 0 Å². The predicted octanol–water partition coefficient (Wildman–Crippen LogP) is 2.46. The van der Waals surface area contributed by atoms with E-state index >= 15 is 0 Å². The van der Waals surface area contributed by atoms with Crippen LogP contribution < -0.4 is 4.57 Å². The third-order valence-corrected chi connectivity index (χ3v) is 2.80. The van der Waals surface area contributed by atoms with E-state index in [-0.39, 0.29) is 0 Å². The van der Waals surface area contributed by atoms with Crippen LogP contribution in [-0.4, -0.2) is 18.2 Å². The third-order valence-electron chi connectivity index (χ3n) is 2.80. The molecule has 0 saturated carbocycles. The van der Waals surface area contributed by atoms with Gasteiger partial charge in [0.2, 0.25) is 0 Å². The third kappa shape index (κ3) is 4.79. The Balaban J connectivity index is 2.26. The summed E-state index contributed by atoms with van der Waals surface area (Å²) < 4.78 is 7.64. The van der Waals surface area contributed by atoms with Gasteiger partial charge in [-0.2, -0.15) is 0 Å². The van der Waals surface area contributed by atoms with Crippen LogP contribution in [0.5, 0.6) is 0 Å². The molecule has 0 fully saturated rings. The van der Waals surface area contributed by atoms with E-state index in [2.05, 4.69) is 22.7 Å². The van der Waals surface area contributed by atoms with Gasteiger partial charge in [0.1, 0.15) is 18.9 Å². The Morgan fingerprint density at radius 2 is 2.12 bits per heavy atom. The lowest BCUT2D eigenvalue weighted by atomic mass is 10.1. The van der Waals surface area contributed by atoms with E-state index in [4.69, 9.17) is 4.74 Å². The van der Waals surface area contributed by atoms with Crippen molar-refractivity contribution in [2.45, 2.75) is 52.5 Å². The maximum Gasteiger partial charge on any atom is 0.254 e. The molecule has 92 valence electrons. The van der Waals surface area contributed by atoms with Crippen molar-refractivity contribution in [3.8, 4) is 0 Å². The topological polar surface area (TPSA) is 28.9 Å². The van der Waals surface area contributed by atoms with E-state index in [1.165, 1.54) is 31.5 Å². The SMILES string of the molecule is CCCCCCc1[nH]cc[n+]1CCOCC. The monoisotopic (exact) mass is 225 g/mol. The maximum absolute atomic E-state index is 5.37. The van der Waals surface area contributed by atoms with Crippen LogP contribution in [0.2, 0.25) is 0 Å². The van der Waals surface area contributed by atoms with E-state index in [9.17, 15) is 0 Å². The van der Waals surface area contributed by atoms with Crippen molar-refractivity contribution in [3.63, 3.8) is 0 Å². The fourth-order valence-electron chi connectivity index (χ4n) is 1.85. The first kappa shape index (κ1) is 13.2. The first-order chi connectivity index (χ1) is 7.88. The number of imidazole rings is 1. The fourth-order valence-corrected chi connectivity index (χ4v) is 1.85. The van der Waals surface area contributed by atoms with E-state index in [1.54, 1.807) is 0 Å². The van der Waals surface area contributed by atoms with Crippen LogP contribution in [0.3, 0.4) is 0 Å². The minimum Gasteiger partial charge on any atom is -0.378 e. The lowest BCUT2D eigenvalue weighted by molar-refractivity contribution is -0.704. The minimum atomic E-state index is 0.802. The highest BCUT2D eigenvalue weighted by atomic mass is 16.5. The van der Waals surface area contributed by atoms with Crippen LogP contribution in [0.25, 0.3) is 0 Å². The summed E-state index contributed by atoms with van der Waals surface area (Å²) in [6.45, 7) is 6.85. The van der Waals surface area contributed by atoms with Crippen molar-refractivity contribution in [2.24, 2.45) is 0 Å². The molecule has 0 unspecified atom stereocenters. The largest absolute Gasteiger partial charge is 0.378 e. The zero-order valence-electron chi connectivity index (χ0n) is 10.7. The summed E-state index contributed by atoms with van der Waals surface area (Å²) in [7, 11) is 0. The van der Waals surface area contributed by atoms with Crippen molar-refractivity contribution in [3.05, 3.63) is 18.2 Å². The van der Waals surface area contributed by atoms with Gasteiger partial charge in [0.15, 0.2) is 0 Å². The molecule has 0 aliphatic carbocycles. The summed E-state index contributed by atoms with van der Waals surface area (Å²) in [5, 5.41) is 0. The zero-order valence-corrected chi connectivity index (χ0v) is 10.7. The molecule has 16 heavy (non-hydrogen) atoms. The molecule has 0 amide bonds. The highest BCUT2D eigenvalue weighted by Gasteiger charge is 2.09. The second kappa shape index (κ2) is 8.34. The van der Waals surface area contributed by atoms with Gasteiger partial charge in [-0.15, -0.1) is 0 Å². The standard InChI is InChI=1S/C13H24N2O/c1-3-5-6-7-8-13-14-9-10-15(13)11-12-16-4-2/h9-10H,3-8,11-12H2,1-2H3/p+1. The number of hydrogen-bond acceptors (Lipinski definition) is 1. The average molecular weight is 225 g/mol. The van der Waals surface area contributed by atoms with Gasteiger partial charge in [0.25, 0.3) is 5.82 Å². The minimum absolute atomic E-state index is 0.802. The average Bonchev–Trinajstić information content (AvgIpc) is 2.73. The van der Waals surface area contributed by atoms with Crippen molar-refractivity contribution in [2.75, 3.05) is 13.2 Å². The molecule has 1 heterocycles. The van der Waals surface area contributed by atoms with Gasteiger partial charge in [0, 0.05) is 13.0 Å². The van der Waals surface area contributed by atoms with E-state index in [1.807, 2.05) is 13.1 Å². The summed E-state index contributed by atoms with van der Waals surface area (Å²) in [4.78, 5) is 3.32. The van der Waals surface area contributed by atoms with E-state index in [0.717, 1.165) is 26.2 Å². The Morgan fingerprint density at radius 1 is 1.25 bits per heavy atom. The van der Waals surface area contributed by atoms with Crippen molar-refractivity contribution in [1.82, 2.24) is 4.98 Å². The predicted molar refractivity (Wildman–Crippen MR) is 65.3 cm³/mol. The number of aromatic nitrogens is 2. The zero-order chi connectivity index (χ0) is 11.6. The maximum atomic E-state index is 5.37. The molecule has 1 rings (SSSR count). The van der Waals surface area contributed by atoms with Gasteiger partial charge in [-0.3, -0.25) is 0 Å². The summed E-state index contributed by atoms with van der Waals surface area (Å²) >= 11 is 0. The molecule has 1 N–H and O–H groups in total. The second-order valence-electron chi connectivity index (χ2n) is 4.11. The molecule has 3 heteroatoms. The van der Waals surface area contributed by atoms with Crippen molar-refractivity contribution in [1.29, 1.82) is 0 Å². The van der Waals surface area contributed by atoms with E-state index < -0.39 is 0 Å². The molecule has 0 radical (unpaired) electrons. The Bertz CT molecular complexity index is 271. The number of aromatic amines is 1. The highest BCUT2D eigenvalue weighted by Crippen LogP contribution is 2.02. The molecule has 0 aliphatic rings. The molecular weight excluding hydrogens is 200 g/mol. The Labute approximate surface area is 98.8 Å². The Hall–Kier alpha value is -0.830. The van der Waals surface area contributed by atoms with Gasteiger partial charge in [-0.05, 0) is 13.3 Å². The number of H-pyrrole nitrogens is 1. The quantitative estimate of drug-likeness (QED) is 0.507. The molecule has 0 atom stereocenters. The molecule has 0 bridgehead atoms. The summed E-state index contributed by atoms with van der Waals surface area (Å²) in [6.07, 6.45) is 10.5. The molecule has 3 nitrogen and oxygen atoms in total. The number of ether oxygens (including phenoxy) is 1.